The van der Waals surface area contributed by atoms with Crippen molar-refractivity contribution in [1.29, 1.82) is 0 Å². The maximum atomic E-state index is 13.0. The molecule has 2 heterocycles. The van der Waals surface area contributed by atoms with Crippen LogP contribution in [0.2, 0.25) is 0 Å². The van der Waals surface area contributed by atoms with Crippen molar-refractivity contribution in [2.45, 2.75) is 26.1 Å². The van der Waals surface area contributed by atoms with Gasteiger partial charge in [-0.1, -0.05) is 42.5 Å². The average molecular weight is 562 g/mol. The van der Waals surface area contributed by atoms with Gasteiger partial charge < -0.3 is 24.3 Å². The summed E-state index contributed by atoms with van der Waals surface area (Å²) >= 11 is 0. The number of carboxylic acids is 1. The molecule has 0 spiro atoms. The molecule has 0 aliphatic rings. The number of aromatic carboxylic acids is 1. The van der Waals surface area contributed by atoms with Crippen LogP contribution in [0.3, 0.4) is 0 Å². The van der Waals surface area contributed by atoms with E-state index in [-0.39, 0.29) is 12.1 Å². The molecule has 0 unspecified atom stereocenters. The van der Waals surface area contributed by atoms with Gasteiger partial charge in [-0.3, -0.25) is 0 Å². The van der Waals surface area contributed by atoms with E-state index in [2.05, 4.69) is 10.3 Å². The van der Waals surface area contributed by atoms with Crippen molar-refractivity contribution < 1.29 is 32.5 Å². The number of aryl methyl sites for hydroxylation is 1. The molecule has 0 amide bonds. The van der Waals surface area contributed by atoms with Gasteiger partial charge in [0, 0.05) is 18.9 Å². The molecule has 2 N–H and O–H groups in total. The normalized spacial score (nSPS) is 11.4. The first-order valence-corrected chi connectivity index (χ1v) is 12.8. The number of nitrogens with one attached hydrogen (secondary N) is 1. The molecule has 0 fully saturated rings. The van der Waals surface area contributed by atoms with E-state index in [1.165, 1.54) is 12.3 Å². The molecule has 10 heteroatoms. The maximum Gasteiger partial charge on any atom is 0.390 e. The lowest BCUT2D eigenvalue weighted by atomic mass is 9.98. The Morgan fingerprint density at radius 3 is 2.44 bits per heavy atom. The third-order valence-corrected chi connectivity index (χ3v) is 6.40. The first kappa shape index (κ1) is 27.6. The summed E-state index contributed by atoms with van der Waals surface area (Å²) in [5, 5.41) is 12.4. The zero-order chi connectivity index (χ0) is 29.0. The van der Waals surface area contributed by atoms with Gasteiger partial charge in [0.05, 0.1) is 29.4 Å². The largest absolute Gasteiger partial charge is 0.489 e. The number of pyridine rings is 1. The molecule has 0 atom stereocenters. The first-order chi connectivity index (χ1) is 19.7. The molecule has 41 heavy (non-hydrogen) atoms. The minimum atomic E-state index is -4.35. The summed E-state index contributed by atoms with van der Waals surface area (Å²) in [6.07, 6.45) is -0.509. The summed E-state index contributed by atoms with van der Waals surface area (Å²) in [6.45, 7) is 1.68. The molecule has 5 rings (SSSR count). The number of carbonyl (C=O) groups is 1. The van der Waals surface area contributed by atoms with E-state index >= 15 is 0 Å². The number of nitrogens with zero attached hydrogens (tertiary/aromatic N) is 2. The number of benzene rings is 3. The molecule has 210 valence electrons. The highest BCUT2D eigenvalue weighted by molar-refractivity contribution is 5.94. The quantitative estimate of drug-likeness (QED) is 0.181. The molecule has 0 saturated heterocycles. The van der Waals surface area contributed by atoms with Crippen molar-refractivity contribution in [1.82, 2.24) is 9.38 Å². The number of hydrogen-bond acceptors (Lipinski definition) is 5. The van der Waals surface area contributed by atoms with E-state index in [0.717, 1.165) is 5.56 Å². The van der Waals surface area contributed by atoms with Crippen LogP contribution in [0, 0.1) is 6.92 Å². The summed E-state index contributed by atoms with van der Waals surface area (Å²) in [6, 6.07) is 21.5. The Morgan fingerprint density at radius 1 is 1.02 bits per heavy atom. The topological polar surface area (TPSA) is 85.1 Å². The van der Waals surface area contributed by atoms with Crippen molar-refractivity contribution in [2.24, 2.45) is 0 Å². The molecule has 5 aromatic rings. The lowest BCUT2D eigenvalue weighted by Gasteiger charge is -2.19. The van der Waals surface area contributed by atoms with E-state index in [1.807, 2.05) is 30.3 Å². The monoisotopic (exact) mass is 561 g/mol. The molecular weight excluding hydrogens is 535 g/mol. The van der Waals surface area contributed by atoms with Crippen LogP contribution in [-0.4, -0.2) is 33.2 Å². The average Bonchev–Trinajstić information content (AvgIpc) is 3.41. The van der Waals surface area contributed by atoms with Gasteiger partial charge in [-0.2, -0.15) is 13.2 Å². The predicted octanol–water partition coefficient (Wildman–Crippen LogP) is 7.74. The highest BCUT2D eigenvalue weighted by Gasteiger charge is 2.27. The predicted molar refractivity (Wildman–Crippen MR) is 149 cm³/mol. The molecule has 3 aromatic carbocycles. The smallest absolute Gasteiger partial charge is 0.390 e. The number of hydrogen-bond donors (Lipinski definition) is 2. The number of fused-ring (bicyclic) bond motifs is 1. The highest BCUT2D eigenvalue weighted by atomic mass is 19.4. The molecule has 0 aliphatic carbocycles. The lowest BCUT2D eigenvalue weighted by molar-refractivity contribution is -0.131. The fraction of sp³-hybridized carbons (Fsp3) is 0.161. The summed E-state index contributed by atoms with van der Waals surface area (Å²) < 4.78 is 52.8. The van der Waals surface area contributed by atoms with Crippen molar-refractivity contribution in [2.75, 3.05) is 11.9 Å². The van der Waals surface area contributed by atoms with E-state index in [9.17, 15) is 23.1 Å². The second-order valence-corrected chi connectivity index (χ2v) is 9.38. The molecule has 0 radical (unpaired) electrons. The van der Waals surface area contributed by atoms with Crippen molar-refractivity contribution in [3.8, 4) is 28.4 Å². The van der Waals surface area contributed by atoms with E-state index in [0.29, 0.717) is 51.9 Å². The second kappa shape index (κ2) is 11.6. The van der Waals surface area contributed by atoms with Crippen LogP contribution in [0.15, 0.2) is 91.4 Å². The number of anilines is 1. The highest BCUT2D eigenvalue weighted by Crippen LogP contribution is 2.42. The number of rotatable bonds is 10. The van der Waals surface area contributed by atoms with Gasteiger partial charge in [-0.25, -0.2) is 9.78 Å². The standard InChI is InChI=1S/C31H26F3N3O4/c1-20-17-22(7-12-25(20)30(38)39)27-26(18-37-16-15-36-29(37)28(27)35-14-13-31(32,33)34)41-24-10-8-23(9-11-24)40-19-21-5-3-2-4-6-21/h2-12,15-18,35H,13-14,19H2,1H3,(H,38,39). The van der Waals surface area contributed by atoms with Crippen LogP contribution in [0.5, 0.6) is 17.2 Å². The SMILES string of the molecule is Cc1cc(-c2c(Oc3ccc(OCc4ccccc4)cc3)cn3ccnc3c2NCCC(F)(F)F)ccc1C(=O)O. The molecule has 0 saturated carbocycles. The lowest BCUT2D eigenvalue weighted by Crippen LogP contribution is -2.15. The Balaban J connectivity index is 1.51. The van der Waals surface area contributed by atoms with Crippen LogP contribution < -0.4 is 14.8 Å². The van der Waals surface area contributed by atoms with E-state index in [4.69, 9.17) is 9.47 Å². The fourth-order valence-electron chi connectivity index (χ4n) is 4.43. The summed E-state index contributed by atoms with van der Waals surface area (Å²) in [5.74, 6) is 0.372. The van der Waals surface area contributed by atoms with E-state index in [1.54, 1.807) is 60.1 Å². The van der Waals surface area contributed by atoms with Gasteiger partial charge in [-0.15, -0.1) is 0 Å². The third kappa shape index (κ3) is 6.60. The molecule has 7 nitrogen and oxygen atoms in total. The van der Waals surface area contributed by atoms with Crippen molar-refractivity contribution >= 4 is 17.3 Å². The van der Waals surface area contributed by atoms with Gasteiger partial charge in [0.1, 0.15) is 18.1 Å². The minimum absolute atomic E-state index is 0.121. The summed E-state index contributed by atoms with van der Waals surface area (Å²) in [7, 11) is 0. The van der Waals surface area contributed by atoms with Crippen molar-refractivity contribution in [3.05, 3.63) is 108 Å². The summed E-state index contributed by atoms with van der Waals surface area (Å²) in [5.41, 5.74) is 3.39. The van der Waals surface area contributed by atoms with Crippen molar-refractivity contribution in [3.63, 3.8) is 0 Å². The number of halogens is 3. The maximum absolute atomic E-state index is 13.0. The molecule has 0 aliphatic heterocycles. The Kier molecular flexibility index (Phi) is 7.82. The first-order valence-electron chi connectivity index (χ1n) is 12.8. The van der Waals surface area contributed by atoms with Gasteiger partial charge in [0.25, 0.3) is 0 Å². The van der Waals surface area contributed by atoms with Gasteiger partial charge in [0.15, 0.2) is 11.4 Å². The van der Waals surface area contributed by atoms with Crippen LogP contribution in [0.4, 0.5) is 18.9 Å². The number of carboxylic acid groups (broad SMARTS) is 1. The molecular formula is C31H26F3N3O4. The van der Waals surface area contributed by atoms with E-state index < -0.39 is 18.6 Å². The Bertz CT molecular complexity index is 1670. The third-order valence-electron chi connectivity index (χ3n) is 6.40. The fourth-order valence-corrected chi connectivity index (χ4v) is 4.43. The van der Waals surface area contributed by atoms with Crippen LogP contribution in [0.1, 0.15) is 27.9 Å². The van der Waals surface area contributed by atoms with Crippen LogP contribution in [0.25, 0.3) is 16.8 Å². The number of aromatic nitrogens is 2. The Labute approximate surface area is 233 Å². The zero-order valence-corrected chi connectivity index (χ0v) is 22.0. The van der Waals surface area contributed by atoms with Gasteiger partial charge in [0.2, 0.25) is 0 Å². The Morgan fingerprint density at radius 2 is 1.76 bits per heavy atom. The number of imidazole rings is 1. The zero-order valence-electron chi connectivity index (χ0n) is 22.0. The van der Waals surface area contributed by atoms with Crippen LogP contribution in [-0.2, 0) is 6.61 Å². The second-order valence-electron chi connectivity index (χ2n) is 9.38. The Hall–Kier alpha value is -4.99. The summed E-state index contributed by atoms with van der Waals surface area (Å²) in [4.78, 5) is 16.0. The molecule has 2 aromatic heterocycles. The number of ether oxygens (including phenoxy) is 2. The molecule has 0 bridgehead atoms. The minimum Gasteiger partial charge on any atom is -0.489 e. The van der Waals surface area contributed by atoms with Gasteiger partial charge >= 0.3 is 12.1 Å². The van der Waals surface area contributed by atoms with Crippen LogP contribution >= 0.6 is 0 Å². The van der Waals surface area contributed by atoms with Gasteiger partial charge in [-0.05, 0) is 53.9 Å². The number of alkyl halides is 3.